The first-order chi connectivity index (χ1) is 10.2. The quantitative estimate of drug-likeness (QED) is 0.562. The SMILES string of the molecule is NS(=O)(=O)CC1CC(=O)N(c2ccc([N+](=O)[O-])cc2CO)C1. The first-order valence-electron chi connectivity index (χ1n) is 6.40. The number of benzene rings is 1. The molecule has 0 saturated carbocycles. The van der Waals surface area contributed by atoms with Crippen LogP contribution in [-0.2, 0) is 21.4 Å². The van der Waals surface area contributed by atoms with Gasteiger partial charge in [-0.2, -0.15) is 0 Å². The summed E-state index contributed by atoms with van der Waals surface area (Å²) in [6.07, 6.45) is 0.0261. The predicted octanol–water partition coefficient (Wildman–Crippen LogP) is -0.271. The van der Waals surface area contributed by atoms with Crippen LogP contribution in [0.1, 0.15) is 12.0 Å². The molecule has 0 aliphatic carbocycles. The Morgan fingerprint density at radius 3 is 2.68 bits per heavy atom. The van der Waals surface area contributed by atoms with Gasteiger partial charge in [0.15, 0.2) is 0 Å². The van der Waals surface area contributed by atoms with E-state index >= 15 is 0 Å². The zero-order valence-corrected chi connectivity index (χ0v) is 12.3. The van der Waals surface area contributed by atoms with Crippen LogP contribution < -0.4 is 10.0 Å². The van der Waals surface area contributed by atoms with Crippen LogP contribution >= 0.6 is 0 Å². The first-order valence-corrected chi connectivity index (χ1v) is 8.12. The van der Waals surface area contributed by atoms with E-state index in [1.165, 1.54) is 23.1 Å². The van der Waals surface area contributed by atoms with Gasteiger partial charge in [-0.1, -0.05) is 0 Å². The molecule has 1 fully saturated rings. The molecule has 2 rings (SSSR count). The summed E-state index contributed by atoms with van der Waals surface area (Å²) in [5.74, 6) is -1.06. The molecule has 1 aromatic carbocycles. The Morgan fingerprint density at radius 1 is 1.45 bits per heavy atom. The van der Waals surface area contributed by atoms with E-state index in [0.717, 1.165) is 0 Å². The van der Waals surface area contributed by atoms with E-state index in [4.69, 9.17) is 5.14 Å². The standard InChI is InChI=1S/C12H15N3O6S/c13-22(20,21)7-8-3-12(17)14(5-8)11-2-1-10(15(18)19)4-9(11)6-16/h1-2,4,8,16H,3,5-7H2,(H2,13,20,21). The molecule has 0 radical (unpaired) electrons. The maximum Gasteiger partial charge on any atom is 0.269 e. The summed E-state index contributed by atoms with van der Waals surface area (Å²) < 4.78 is 22.2. The fourth-order valence-corrected chi connectivity index (χ4v) is 3.41. The lowest BCUT2D eigenvalue weighted by molar-refractivity contribution is -0.384. The molecule has 1 unspecified atom stereocenters. The number of primary sulfonamides is 1. The summed E-state index contributed by atoms with van der Waals surface area (Å²) in [5.41, 5.74) is 0.384. The number of anilines is 1. The van der Waals surface area contributed by atoms with Crippen molar-refractivity contribution >= 4 is 27.3 Å². The van der Waals surface area contributed by atoms with Gasteiger partial charge in [-0.25, -0.2) is 13.6 Å². The van der Waals surface area contributed by atoms with Crippen molar-refractivity contribution in [3.05, 3.63) is 33.9 Å². The van der Waals surface area contributed by atoms with Gasteiger partial charge in [0.2, 0.25) is 15.9 Å². The predicted molar refractivity (Wildman–Crippen MR) is 77.5 cm³/mol. The van der Waals surface area contributed by atoms with Gasteiger partial charge in [-0.15, -0.1) is 0 Å². The molecular weight excluding hydrogens is 314 g/mol. The van der Waals surface area contributed by atoms with Crippen molar-refractivity contribution in [1.29, 1.82) is 0 Å². The minimum atomic E-state index is -3.69. The van der Waals surface area contributed by atoms with Crippen LogP contribution in [0.4, 0.5) is 11.4 Å². The average Bonchev–Trinajstić information content (AvgIpc) is 2.76. The number of nitro benzene ring substituents is 1. The molecule has 1 aliphatic heterocycles. The van der Waals surface area contributed by atoms with Crippen LogP contribution in [0.15, 0.2) is 18.2 Å². The number of hydrogen-bond donors (Lipinski definition) is 2. The van der Waals surface area contributed by atoms with Crippen LogP contribution in [0.2, 0.25) is 0 Å². The third-order valence-corrected chi connectivity index (χ3v) is 4.34. The van der Waals surface area contributed by atoms with E-state index in [-0.39, 0.29) is 35.9 Å². The van der Waals surface area contributed by atoms with Crippen molar-refractivity contribution in [2.75, 3.05) is 17.2 Å². The third-order valence-electron chi connectivity index (χ3n) is 3.41. The van der Waals surface area contributed by atoms with Gasteiger partial charge < -0.3 is 10.0 Å². The van der Waals surface area contributed by atoms with Crippen LogP contribution in [0.5, 0.6) is 0 Å². The molecule has 0 aromatic heterocycles. The monoisotopic (exact) mass is 329 g/mol. The Hall–Kier alpha value is -2.04. The van der Waals surface area contributed by atoms with Gasteiger partial charge in [0.05, 0.1) is 17.3 Å². The lowest BCUT2D eigenvalue weighted by Gasteiger charge is -2.19. The third kappa shape index (κ3) is 3.59. The van der Waals surface area contributed by atoms with Gasteiger partial charge in [0.25, 0.3) is 5.69 Å². The summed E-state index contributed by atoms with van der Waals surface area (Å²) in [4.78, 5) is 23.5. The summed E-state index contributed by atoms with van der Waals surface area (Å²) in [5, 5.41) is 25.1. The van der Waals surface area contributed by atoms with E-state index in [1.54, 1.807) is 0 Å². The molecule has 1 heterocycles. The molecule has 0 spiro atoms. The highest BCUT2D eigenvalue weighted by Crippen LogP contribution is 2.31. The molecule has 1 atom stereocenters. The zero-order chi connectivity index (χ0) is 16.5. The molecule has 1 aliphatic rings. The number of aliphatic hydroxyl groups excluding tert-OH is 1. The number of amides is 1. The molecule has 3 N–H and O–H groups in total. The van der Waals surface area contributed by atoms with Crippen molar-refractivity contribution < 1.29 is 23.2 Å². The highest BCUT2D eigenvalue weighted by Gasteiger charge is 2.34. The maximum atomic E-state index is 12.0. The highest BCUT2D eigenvalue weighted by atomic mass is 32.2. The number of rotatable bonds is 5. The number of sulfonamides is 1. The number of carbonyl (C=O) groups excluding carboxylic acids is 1. The second-order valence-corrected chi connectivity index (χ2v) is 6.79. The number of nitro groups is 1. The van der Waals surface area contributed by atoms with Crippen LogP contribution in [-0.4, -0.2) is 36.7 Å². The molecule has 1 aromatic rings. The van der Waals surface area contributed by atoms with Crippen molar-refractivity contribution in [2.45, 2.75) is 13.0 Å². The van der Waals surface area contributed by atoms with E-state index in [0.29, 0.717) is 5.69 Å². The van der Waals surface area contributed by atoms with Crippen LogP contribution in [0.25, 0.3) is 0 Å². The second kappa shape index (κ2) is 5.99. The number of carbonyl (C=O) groups is 1. The van der Waals surface area contributed by atoms with Gasteiger partial charge in [-0.3, -0.25) is 14.9 Å². The Kier molecular flexibility index (Phi) is 4.44. The van der Waals surface area contributed by atoms with Crippen molar-refractivity contribution in [1.82, 2.24) is 0 Å². The summed E-state index contributed by atoms with van der Waals surface area (Å²) in [6.45, 7) is -0.333. The maximum absolute atomic E-state index is 12.0. The van der Waals surface area contributed by atoms with Gasteiger partial charge >= 0.3 is 0 Å². The largest absolute Gasteiger partial charge is 0.392 e. The van der Waals surface area contributed by atoms with Gasteiger partial charge in [-0.05, 0) is 6.07 Å². The van der Waals surface area contributed by atoms with Crippen molar-refractivity contribution in [3.8, 4) is 0 Å². The summed E-state index contributed by atoms with van der Waals surface area (Å²) >= 11 is 0. The second-order valence-electron chi connectivity index (χ2n) is 5.13. The minimum absolute atomic E-state index is 0.0261. The Balaban J connectivity index is 2.28. The average molecular weight is 329 g/mol. The smallest absolute Gasteiger partial charge is 0.269 e. The molecule has 1 amide bonds. The number of hydrogen-bond acceptors (Lipinski definition) is 6. The lowest BCUT2D eigenvalue weighted by Crippen LogP contribution is -2.28. The van der Waals surface area contributed by atoms with E-state index < -0.39 is 27.5 Å². The van der Waals surface area contributed by atoms with E-state index in [9.17, 15) is 28.4 Å². The lowest BCUT2D eigenvalue weighted by atomic mass is 10.1. The number of nitrogens with zero attached hydrogens (tertiary/aromatic N) is 2. The molecule has 22 heavy (non-hydrogen) atoms. The van der Waals surface area contributed by atoms with Crippen LogP contribution in [0.3, 0.4) is 0 Å². The summed E-state index contributed by atoms with van der Waals surface area (Å²) in [6, 6.07) is 3.80. The minimum Gasteiger partial charge on any atom is -0.392 e. The van der Waals surface area contributed by atoms with Crippen molar-refractivity contribution in [2.24, 2.45) is 11.1 Å². The first kappa shape index (κ1) is 16.3. The number of non-ortho nitro benzene ring substituents is 1. The summed E-state index contributed by atoms with van der Waals surface area (Å²) in [7, 11) is -3.69. The topological polar surface area (TPSA) is 144 Å². The number of aliphatic hydroxyl groups is 1. The molecule has 1 saturated heterocycles. The van der Waals surface area contributed by atoms with Crippen molar-refractivity contribution in [3.63, 3.8) is 0 Å². The highest BCUT2D eigenvalue weighted by molar-refractivity contribution is 7.89. The Morgan fingerprint density at radius 2 is 2.14 bits per heavy atom. The molecule has 120 valence electrons. The molecule has 0 bridgehead atoms. The normalized spacial score (nSPS) is 18.7. The molecule has 10 heteroatoms. The molecule has 9 nitrogen and oxygen atoms in total. The fourth-order valence-electron chi connectivity index (χ4n) is 2.53. The Bertz CT molecular complexity index is 718. The molecular formula is C12H15N3O6S. The van der Waals surface area contributed by atoms with E-state index in [2.05, 4.69) is 0 Å². The fraction of sp³-hybridized carbons (Fsp3) is 0.417. The van der Waals surface area contributed by atoms with Gasteiger partial charge in [0, 0.05) is 42.3 Å². The Labute approximate surface area is 126 Å². The van der Waals surface area contributed by atoms with Crippen LogP contribution in [0, 0.1) is 16.0 Å². The number of nitrogens with two attached hydrogens (primary N) is 1. The van der Waals surface area contributed by atoms with E-state index in [1.807, 2.05) is 0 Å². The zero-order valence-electron chi connectivity index (χ0n) is 11.5. The van der Waals surface area contributed by atoms with Gasteiger partial charge in [0.1, 0.15) is 0 Å².